The first-order valence-electron chi connectivity index (χ1n) is 7.09. The molecule has 0 aromatic carbocycles. The van der Waals surface area contributed by atoms with Gasteiger partial charge in [-0.15, -0.1) is 11.3 Å². The SMILES string of the molecule is CCOC(=O)c1sc(N2CCCC(C)C2)c(C(N)=O)c1N. The Morgan fingerprint density at radius 2 is 2.19 bits per heavy atom. The molecule has 1 fully saturated rings. The molecule has 0 saturated carbocycles. The largest absolute Gasteiger partial charge is 0.462 e. The van der Waals surface area contributed by atoms with E-state index in [1.54, 1.807) is 6.92 Å². The third-order valence-electron chi connectivity index (χ3n) is 3.58. The van der Waals surface area contributed by atoms with Crippen LogP contribution in [0.3, 0.4) is 0 Å². The van der Waals surface area contributed by atoms with Gasteiger partial charge in [0, 0.05) is 13.1 Å². The number of hydrogen-bond acceptors (Lipinski definition) is 6. The van der Waals surface area contributed by atoms with E-state index in [1.807, 2.05) is 0 Å². The van der Waals surface area contributed by atoms with Crippen molar-refractivity contribution >= 4 is 33.9 Å². The van der Waals surface area contributed by atoms with Gasteiger partial charge in [0.15, 0.2) is 0 Å². The molecule has 1 saturated heterocycles. The van der Waals surface area contributed by atoms with Crippen LogP contribution in [0.15, 0.2) is 0 Å². The number of amides is 1. The van der Waals surface area contributed by atoms with E-state index < -0.39 is 11.9 Å². The number of ether oxygens (including phenoxy) is 1. The van der Waals surface area contributed by atoms with E-state index in [1.165, 1.54) is 11.3 Å². The van der Waals surface area contributed by atoms with Crippen LogP contribution >= 0.6 is 11.3 Å². The zero-order chi connectivity index (χ0) is 15.6. The molecule has 6 nitrogen and oxygen atoms in total. The third-order valence-corrected chi connectivity index (χ3v) is 4.82. The lowest BCUT2D eigenvalue weighted by atomic mass is 10.0. The maximum Gasteiger partial charge on any atom is 0.350 e. The fraction of sp³-hybridized carbons (Fsp3) is 0.571. The highest BCUT2D eigenvalue weighted by Gasteiger charge is 2.29. The molecular formula is C14H21N3O3S. The molecule has 1 aliphatic rings. The Morgan fingerprint density at radius 3 is 2.76 bits per heavy atom. The summed E-state index contributed by atoms with van der Waals surface area (Å²) in [5.74, 6) is -0.569. The number of anilines is 2. The van der Waals surface area contributed by atoms with Crippen LogP contribution in [0.5, 0.6) is 0 Å². The highest BCUT2D eigenvalue weighted by molar-refractivity contribution is 7.19. The first kappa shape index (κ1) is 15.6. The lowest BCUT2D eigenvalue weighted by Gasteiger charge is -2.32. The molecule has 1 aliphatic heterocycles. The molecule has 2 rings (SSSR count). The second kappa shape index (κ2) is 6.34. The normalized spacial score (nSPS) is 18.6. The smallest absolute Gasteiger partial charge is 0.350 e. The Bertz CT molecular complexity index is 556. The zero-order valence-electron chi connectivity index (χ0n) is 12.3. The van der Waals surface area contributed by atoms with Crippen LogP contribution < -0.4 is 16.4 Å². The van der Waals surface area contributed by atoms with E-state index in [2.05, 4.69) is 11.8 Å². The molecular weight excluding hydrogens is 290 g/mol. The Hall–Kier alpha value is -1.76. The Kier molecular flexibility index (Phi) is 4.72. The molecule has 7 heteroatoms. The summed E-state index contributed by atoms with van der Waals surface area (Å²) in [7, 11) is 0. The highest BCUT2D eigenvalue weighted by atomic mass is 32.1. The van der Waals surface area contributed by atoms with Crippen LogP contribution in [0.1, 0.15) is 46.7 Å². The van der Waals surface area contributed by atoms with Crippen molar-refractivity contribution in [2.45, 2.75) is 26.7 Å². The van der Waals surface area contributed by atoms with Gasteiger partial charge in [0.05, 0.1) is 17.9 Å². The fourth-order valence-electron chi connectivity index (χ4n) is 2.61. The first-order valence-corrected chi connectivity index (χ1v) is 7.91. The summed E-state index contributed by atoms with van der Waals surface area (Å²) in [4.78, 5) is 26.0. The summed E-state index contributed by atoms with van der Waals surface area (Å²) < 4.78 is 4.99. The molecule has 0 radical (unpaired) electrons. The van der Waals surface area contributed by atoms with Crippen molar-refractivity contribution in [2.24, 2.45) is 11.7 Å². The van der Waals surface area contributed by atoms with Gasteiger partial charge in [-0.2, -0.15) is 0 Å². The molecule has 116 valence electrons. The standard InChI is InChI=1S/C14H21N3O3S/c1-3-20-14(19)11-10(15)9(12(16)18)13(21-11)17-6-4-5-8(2)7-17/h8H,3-7,15H2,1-2H3,(H2,16,18). The Balaban J connectivity index is 2.42. The maximum atomic E-state index is 11.9. The molecule has 1 aromatic rings. The number of hydrogen-bond donors (Lipinski definition) is 2. The van der Waals surface area contributed by atoms with E-state index in [-0.39, 0.29) is 22.7 Å². The average Bonchev–Trinajstić information content (AvgIpc) is 2.77. The number of nitrogens with two attached hydrogens (primary N) is 2. The molecule has 0 bridgehead atoms. The Morgan fingerprint density at radius 1 is 1.48 bits per heavy atom. The van der Waals surface area contributed by atoms with Gasteiger partial charge in [-0.05, 0) is 25.7 Å². The first-order chi connectivity index (χ1) is 9.95. The van der Waals surface area contributed by atoms with Crippen LogP contribution in [0.25, 0.3) is 0 Å². The van der Waals surface area contributed by atoms with Gasteiger partial charge in [0.25, 0.3) is 5.91 Å². The van der Waals surface area contributed by atoms with Crippen molar-refractivity contribution in [1.29, 1.82) is 0 Å². The minimum atomic E-state index is -0.604. The van der Waals surface area contributed by atoms with Crippen molar-refractivity contribution in [2.75, 3.05) is 30.3 Å². The molecule has 21 heavy (non-hydrogen) atoms. The minimum absolute atomic E-state index is 0.138. The maximum absolute atomic E-state index is 11.9. The third kappa shape index (κ3) is 3.12. The van der Waals surface area contributed by atoms with Gasteiger partial charge in [0.2, 0.25) is 0 Å². The zero-order valence-corrected chi connectivity index (χ0v) is 13.2. The second-order valence-electron chi connectivity index (χ2n) is 5.30. The van der Waals surface area contributed by atoms with Gasteiger partial charge in [-0.25, -0.2) is 4.79 Å². The number of nitrogens with zero attached hydrogens (tertiary/aromatic N) is 1. The number of thiophene rings is 1. The number of primary amides is 1. The summed E-state index contributed by atoms with van der Waals surface area (Å²) in [6, 6.07) is 0. The van der Waals surface area contributed by atoms with Crippen molar-refractivity contribution in [1.82, 2.24) is 0 Å². The van der Waals surface area contributed by atoms with Crippen LogP contribution in [0.4, 0.5) is 10.7 Å². The monoisotopic (exact) mass is 311 g/mol. The molecule has 1 amide bonds. The Labute approximate surface area is 128 Å². The molecule has 4 N–H and O–H groups in total. The number of rotatable bonds is 4. The molecule has 0 spiro atoms. The number of carbonyl (C=O) groups excluding carboxylic acids is 2. The number of piperidine rings is 1. The van der Waals surface area contributed by atoms with Crippen molar-refractivity contribution in [3.8, 4) is 0 Å². The lowest BCUT2D eigenvalue weighted by Crippen LogP contribution is -2.35. The summed E-state index contributed by atoms with van der Waals surface area (Å²) in [6.45, 7) is 5.83. The average molecular weight is 311 g/mol. The second-order valence-corrected chi connectivity index (χ2v) is 6.30. The number of esters is 1. The predicted molar refractivity (Wildman–Crippen MR) is 83.8 cm³/mol. The van der Waals surface area contributed by atoms with Gasteiger partial charge in [-0.1, -0.05) is 6.92 Å². The molecule has 1 atom stereocenters. The molecule has 1 aromatic heterocycles. The van der Waals surface area contributed by atoms with Crippen LogP contribution in [-0.4, -0.2) is 31.6 Å². The van der Waals surface area contributed by atoms with Gasteiger partial charge >= 0.3 is 5.97 Å². The van der Waals surface area contributed by atoms with Gasteiger partial charge in [0.1, 0.15) is 9.88 Å². The fourth-order valence-corrected chi connectivity index (χ4v) is 3.77. The van der Waals surface area contributed by atoms with E-state index in [4.69, 9.17) is 16.2 Å². The van der Waals surface area contributed by atoms with Crippen molar-refractivity contribution in [3.05, 3.63) is 10.4 Å². The molecule has 0 aliphatic carbocycles. The van der Waals surface area contributed by atoms with E-state index in [9.17, 15) is 9.59 Å². The number of carbonyl (C=O) groups is 2. The van der Waals surface area contributed by atoms with E-state index >= 15 is 0 Å². The quantitative estimate of drug-likeness (QED) is 0.827. The summed E-state index contributed by atoms with van der Waals surface area (Å²) in [5, 5.41) is 0.689. The predicted octanol–water partition coefficient (Wildman–Crippen LogP) is 1.84. The van der Waals surface area contributed by atoms with E-state index in [0.717, 1.165) is 25.9 Å². The van der Waals surface area contributed by atoms with E-state index in [0.29, 0.717) is 10.9 Å². The topological polar surface area (TPSA) is 98.6 Å². The summed E-state index contributed by atoms with van der Waals surface area (Å²) >= 11 is 1.20. The summed E-state index contributed by atoms with van der Waals surface area (Å²) in [6.07, 6.45) is 2.21. The lowest BCUT2D eigenvalue weighted by molar-refractivity contribution is 0.0533. The minimum Gasteiger partial charge on any atom is -0.462 e. The number of nitrogen functional groups attached to an aromatic ring is 1. The van der Waals surface area contributed by atoms with Gasteiger partial charge < -0.3 is 21.1 Å². The highest BCUT2D eigenvalue weighted by Crippen LogP contribution is 2.40. The van der Waals surface area contributed by atoms with Gasteiger partial charge in [-0.3, -0.25) is 4.79 Å². The van der Waals surface area contributed by atoms with Crippen LogP contribution in [0, 0.1) is 5.92 Å². The molecule has 1 unspecified atom stereocenters. The molecule has 2 heterocycles. The van der Waals surface area contributed by atoms with Crippen molar-refractivity contribution in [3.63, 3.8) is 0 Å². The van der Waals surface area contributed by atoms with Crippen molar-refractivity contribution < 1.29 is 14.3 Å². The van der Waals surface area contributed by atoms with Crippen LogP contribution in [-0.2, 0) is 4.74 Å². The summed E-state index contributed by atoms with van der Waals surface area (Å²) in [5.41, 5.74) is 11.8. The van der Waals surface area contributed by atoms with Crippen LogP contribution in [0.2, 0.25) is 0 Å².